The SMILES string of the molecule is NC(=O)c1c(NC(=O)COC(=O)C2(c3cccc(Cl)c3)CCC2)sc2c1CCCC2. The van der Waals surface area contributed by atoms with Gasteiger partial charge >= 0.3 is 5.97 Å². The Kier molecular flexibility index (Phi) is 5.84. The van der Waals surface area contributed by atoms with Crippen LogP contribution in [-0.4, -0.2) is 24.4 Å². The van der Waals surface area contributed by atoms with Crippen molar-refractivity contribution < 1.29 is 19.1 Å². The zero-order valence-corrected chi connectivity index (χ0v) is 18.0. The van der Waals surface area contributed by atoms with Crippen LogP contribution in [0.5, 0.6) is 0 Å². The number of anilines is 1. The molecule has 0 bridgehead atoms. The van der Waals surface area contributed by atoms with Gasteiger partial charge in [-0.1, -0.05) is 30.2 Å². The van der Waals surface area contributed by atoms with E-state index in [1.54, 1.807) is 12.1 Å². The number of carbonyl (C=O) groups is 3. The third-order valence-corrected chi connectivity index (χ3v) is 7.42. The minimum atomic E-state index is -0.744. The second-order valence-corrected chi connectivity index (χ2v) is 9.39. The summed E-state index contributed by atoms with van der Waals surface area (Å²) in [7, 11) is 0. The van der Waals surface area contributed by atoms with E-state index in [1.165, 1.54) is 11.3 Å². The van der Waals surface area contributed by atoms with Crippen LogP contribution in [0.4, 0.5) is 5.00 Å². The smallest absolute Gasteiger partial charge is 0.317 e. The summed E-state index contributed by atoms with van der Waals surface area (Å²) in [6, 6.07) is 7.20. The summed E-state index contributed by atoms with van der Waals surface area (Å²) in [6.07, 6.45) is 5.97. The molecule has 158 valence electrons. The summed E-state index contributed by atoms with van der Waals surface area (Å²) >= 11 is 7.47. The zero-order chi connectivity index (χ0) is 21.3. The van der Waals surface area contributed by atoms with E-state index in [0.717, 1.165) is 48.1 Å². The summed E-state index contributed by atoms with van der Waals surface area (Å²) in [5.74, 6) is -1.45. The monoisotopic (exact) mass is 446 g/mol. The van der Waals surface area contributed by atoms with Crippen molar-refractivity contribution in [2.75, 3.05) is 11.9 Å². The number of rotatable bonds is 6. The summed E-state index contributed by atoms with van der Waals surface area (Å²) in [6.45, 7) is -0.415. The van der Waals surface area contributed by atoms with Gasteiger partial charge in [0, 0.05) is 9.90 Å². The molecule has 8 heteroatoms. The minimum Gasteiger partial charge on any atom is -0.455 e. The third kappa shape index (κ3) is 3.84. The number of fused-ring (bicyclic) bond motifs is 1. The lowest BCUT2D eigenvalue weighted by Gasteiger charge is -2.39. The average molecular weight is 447 g/mol. The molecule has 2 aliphatic rings. The fourth-order valence-electron chi connectivity index (χ4n) is 4.27. The maximum Gasteiger partial charge on any atom is 0.317 e. The first-order chi connectivity index (χ1) is 14.4. The Hall–Kier alpha value is -2.38. The molecule has 1 saturated carbocycles. The molecule has 1 heterocycles. The van der Waals surface area contributed by atoms with Crippen molar-refractivity contribution in [2.24, 2.45) is 5.73 Å². The topological polar surface area (TPSA) is 98.5 Å². The number of aryl methyl sites for hydroxylation is 1. The van der Waals surface area contributed by atoms with Crippen LogP contribution < -0.4 is 11.1 Å². The zero-order valence-electron chi connectivity index (χ0n) is 16.5. The van der Waals surface area contributed by atoms with Crippen molar-refractivity contribution in [3.8, 4) is 0 Å². The fourth-order valence-corrected chi connectivity index (χ4v) is 5.77. The Bertz CT molecular complexity index is 1010. The van der Waals surface area contributed by atoms with E-state index in [1.807, 2.05) is 12.1 Å². The van der Waals surface area contributed by atoms with Crippen molar-refractivity contribution in [1.82, 2.24) is 0 Å². The van der Waals surface area contributed by atoms with Gasteiger partial charge in [-0.3, -0.25) is 14.4 Å². The molecule has 0 saturated heterocycles. The van der Waals surface area contributed by atoms with Crippen molar-refractivity contribution in [2.45, 2.75) is 50.4 Å². The number of esters is 1. The first-order valence-electron chi connectivity index (χ1n) is 10.1. The Morgan fingerprint density at radius 1 is 1.17 bits per heavy atom. The van der Waals surface area contributed by atoms with E-state index in [2.05, 4.69) is 5.32 Å². The second-order valence-electron chi connectivity index (χ2n) is 7.85. The van der Waals surface area contributed by atoms with E-state index >= 15 is 0 Å². The lowest BCUT2D eigenvalue weighted by Crippen LogP contribution is -2.44. The summed E-state index contributed by atoms with van der Waals surface area (Å²) in [4.78, 5) is 38.3. The molecule has 0 unspecified atom stereocenters. The van der Waals surface area contributed by atoms with Crippen LogP contribution in [-0.2, 0) is 32.6 Å². The van der Waals surface area contributed by atoms with Crippen LogP contribution in [0, 0.1) is 0 Å². The molecule has 2 aliphatic carbocycles. The van der Waals surface area contributed by atoms with Gasteiger partial charge in [0.1, 0.15) is 5.00 Å². The molecule has 6 nitrogen and oxygen atoms in total. The number of hydrogen-bond acceptors (Lipinski definition) is 5. The standard InChI is InChI=1S/C22H23ClN2O4S/c23-14-6-3-5-13(11-14)22(9-4-10-22)21(28)29-12-17(26)25-20-18(19(24)27)15-7-1-2-8-16(15)30-20/h3,5-6,11H,1-2,4,7-10,12H2,(H2,24,27)(H,25,26). The van der Waals surface area contributed by atoms with Gasteiger partial charge in [0.25, 0.3) is 11.8 Å². The molecular weight excluding hydrogens is 424 g/mol. The molecule has 0 atom stereocenters. The second kappa shape index (κ2) is 8.40. The van der Waals surface area contributed by atoms with Gasteiger partial charge in [-0.2, -0.15) is 0 Å². The minimum absolute atomic E-state index is 0.392. The number of hydrogen-bond donors (Lipinski definition) is 2. The highest BCUT2D eigenvalue weighted by Crippen LogP contribution is 2.45. The predicted octanol–water partition coefficient (Wildman–Crippen LogP) is 3.98. The van der Waals surface area contributed by atoms with Crippen LogP contribution in [0.3, 0.4) is 0 Å². The maximum atomic E-state index is 12.8. The largest absolute Gasteiger partial charge is 0.455 e. The number of nitrogens with one attached hydrogen (secondary N) is 1. The van der Waals surface area contributed by atoms with Crippen molar-refractivity contribution in [1.29, 1.82) is 0 Å². The lowest BCUT2D eigenvalue weighted by atomic mass is 9.64. The summed E-state index contributed by atoms with van der Waals surface area (Å²) < 4.78 is 5.37. The Labute approximate surface area is 183 Å². The molecule has 0 aliphatic heterocycles. The Morgan fingerprint density at radius 3 is 2.60 bits per heavy atom. The number of thiophene rings is 1. The van der Waals surface area contributed by atoms with Gasteiger partial charge < -0.3 is 15.8 Å². The molecule has 3 N–H and O–H groups in total. The number of halogens is 1. The summed E-state index contributed by atoms with van der Waals surface area (Å²) in [5, 5.41) is 3.73. The number of ether oxygens (including phenoxy) is 1. The molecule has 1 fully saturated rings. The van der Waals surface area contributed by atoms with E-state index < -0.39 is 29.8 Å². The van der Waals surface area contributed by atoms with Crippen LogP contribution in [0.15, 0.2) is 24.3 Å². The van der Waals surface area contributed by atoms with Crippen molar-refractivity contribution in [3.63, 3.8) is 0 Å². The van der Waals surface area contributed by atoms with E-state index in [9.17, 15) is 14.4 Å². The fraction of sp³-hybridized carbons (Fsp3) is 0.409. The molecule has 1 aromatic carbocycles. The van der Waals surface area contributed by atoms with Gasteiger partial charge in [-0.15, -0.1) is 11.3 Å². The normalized spacial score (nSPS) is 16.8. The highest BCUT2D eigenvalue weighted by Gasteiger charge is 2.47. The highest BCUT2D eigenvalue weighted by molar-refractivity contribution is 7.17. The van der Waals surface area contributed by atoms with Gasteiger partial charge in [0.05, 0.1) is 11.0 Å². The van der Waals surface area contributed by atoms with E-state index in [4.69, 9.17) is 22.1 Å². The van der Waals surface area contributed by atoms with Crippen LogP contribution in [0.25, 0.3) is 0 Å². The van der Waals surface area contributed by atoms with Gasteiger partial charge in [0.2, 0.25) is 0 Å². The molecule has 0 radical (unpaired) electrons. The maximum absolute atomic E-state index is 12.8. The average Bonchev–Trinajstić information content (AvgIpc) is 3.03. The van der Waals surface area contributed by atoms with E-state index in [0.29, 0.717) is 28.4 Å². The molecule has 1 aromatic heterocycles. The van der Waals surface area contributed by atoms with E-state index in [-0.39, 0.29) is 0 Å². The molecule has 2 aromatic rings. The van der Waals surface area contributed by atoms with Crippen LogP contribution in [0.1, 0.15) is 58.5 Å². The quantitative estimate of drug-likeness (QED) is 0.655. The molecule has 2 amide bonds. The number of carbonyl (C=O) groups excluding carboxylic acids is 3. The highest BCUT2D eigenvalue weighted by atomic mass is 35.5. The van der Waals surface area contributed by atoms with Crippen LogP contribution in [0.2, 0.25) is 5.02 Å². The molecular formula is C22H23ClN2O4S. The third-order valence-electron chi connectivity index (χ3n) is 5.98. The first kappa shape index (κ1) is 20.9. The molecule has 30 heavy (non-hydrogen) atoms. The van der Waals surface area contributed by atoms with Crippen molar-refractivity contribution in [3.05, 3.63) is 50.9 Å². The molecule has 0 spiro atoms. The first-order valence-corrected chi connectivity index (χ1v) is 11.3. The van der Waals surface area contributed by atoms with Gasteiger partial charge in [-0.05, 0) is 61.8 Å². The Morgan fingerprint density at radius 2 is 1.93 bits per heavy atom. The number of benzene rings is 1. The number of nitrogens with two attached hydrogens (primary N) is 1. The molecule has 4 rings (SSSR count). The van der Waals surface area contributed by atoms with Gasteiger partial charge in [0.15, 0.2) is 6.61 Å². The lowest BCUT2D eigenvalue weighted by molar-refractivity contribution is -0.156. The summed E-state index contributed by atoms with van der Waals surface area (Å²) in [5.41, 5.74) is 6.97. The number of amides is 2. The van der Waals surface area contributed by atoms with Crippen LogP contribution >= 0.6 is 22.9 Å². The number of primary amides is 1. The predicted molar refractivity (Wildman–Crippen MR) is 116 cm³/mol. The van der Waals surface area contributed by atoms with Crippen molar-refractivity contribution >= 4 is 45.7 Å². The van der Waals surface area contributed by atoms with Gasteiger partial charge in [-0.25, -0.2) is 0 Å². The Balaban J connectivity index is 1.43.